The monoisotopic (exact) mass is 368 g/mol. The van der Waals surface area contributed by atoms with E-state index >= 15 is 0 Å². The van der Waals surface area contributed by atoms with Crippen molar-refractivity contribution in [1.29, 1.82) is 0 Å². The van der Waals surface area contributed by atoms with Gasteiger partial charge in [0.25, 0.3) is 0 Å². The summed E-state index contributed by atoms with van der Waals surface area (Å²) in [6.07, 6.45) is 1.95. The molecule has 0 amide bonds. The third kappa shape index (κ3) is 4.10. The zero-order chi connectivity index (χ0) is 18.3. The van der Waals surface area contributed by atoms with Gasteiger partial charge in [0.1, 0.15) is 0 Å². The van der Waals surface area contributed by atoms with Gasteiger partial charge in [0.15, 0.2) is 0 Å². The van der Waals surface area contributed by atoms with Gasteiger partial charge in [-0.05, 0) is 40.4 Å². The van der Waals surface area contributed by atoms with Gasteiger partial charge in [-0.2, -0.15) is 11.3 Å². The highest BCUT2D eigenvalue weighted by Crippen LogP contribution is 2.24. The molecule has 3 aromatic carbocycles. The zero-order valence-corrected chi connectivity index (χ0v) is 15.6. The fourth-order valence-electron chi connectivity index (χ4n) is 3.02. The number of rotatable bonds is 0. The Morgan fingerprint density at radius 3 is 1.63 bits per heavy atom. The number of benzene rings is 3. The molecule has 0 aliphatic heterocycles. The van der Waals surface area contributed by atoms with Crippen LogP contribution in [0.3, 0.4) is 0 Å². The number of hydrogen-bond donors (Lipinski definition) is 2. The summed E-state index contributed by atoms with van der Waals surface area (Å²) >= 11 is 1.71. The van der Waals surface area contributed by atoms with Crippen LogP contribution >= 0.6 is 11.3 Å². The minimum Gasteiger partial charge on any atom is -0.361 e. The average molecular weight is 369 g/mol. The fraction of sp³-hybridized carbons (Fsp3) is 0. The molecule has 0 fully saturated rings. The van der Waals surface area contributed by atoms with Gasteiger partial charge in [0.05, 0.1) is 0 Å². The van der Waals surface area contributed by atoms with Crippen molar-refractivity contribution in [3.63, 3.8) is 0 Å². The lowest BCUT2D eigenvalue weighted by molar-refractivity contribution is 1.48. The number of thiophene rings is 1. The fourth-order valence-corrected chi connectivity index (χ4v) is 3.47. The predicted octanol–water partition coefficient (Wildman–Crippen LogP) is 7.24. The van der Waals surface area contributed by atoms with E-state index in [9.17, 15) is 0 Å². The molecule has 3 heteroatoms. The number of para-hydroxylation sites is 3. The van der Waals surface area contributed by atoms with Crippen LogP contribution in [0, 0.1) is 0 Å². The standard InChI is InChI=1S/C12H9N.C8H7N.C4H4S/c1-3-7-11-9(5-1)10-6-2-4-8-12(10)13-11;1-2-4-8-7(3-1)5-6-9-8;1-2-4-5-3-1/h1-8,13H;1-6,9H;1-4H. The summed E-state index contributed by atoms with van der Waals surface area (Å²) < 4.78 is 0. The van der Waals surface area contributed by atoms with Gasteiger partial charge >= 0.3 is 0 Å². The van der Waals surface area contributed by atoms with Crippen molar-refractivity contribution < 1.29 is 0 Å². The predicted molar refractivity (Wildman–Crippen MR) is 118 cm³/mol. The summed E-state index contributed by atoms with van der Waals surface area (Å²) in [7, 11) is 0. The molecule has 0 bridgehead atoms. The lowest BCUT2D eigenvalue weighted by Gasteiger charge is -1.87. The topological polar surface area (TPSA) is 31.6 Å². The van der Waals surface area contributed by atoms with Crippen LogP contribution in [0.1, 0.15) is 0 Å². The Morgan fingerprint density at radius 1 is 0.519 bits per heavy atom. The molecule has 0 aliphatic carbocycles. The molecule has 0 unspecified atom stereocenters. The van der Waals surface area contributed by atoms with E-state index in [2.05, 4.69) is 76.7 Å². The van der Waals surface area contributed by atoms with E-state index in [-0.39, 0.29) is 0 Å². The zero-order valence-electron chi connectivity index (χ0n) is 14.8. The van der Waals surface area contributed by atoms with E-state index in [1.807, 2.05) is 41.2 Å². The highest BCUT2D eigenvalue weighted by Gasteiger charge is 2.00. The average Bonchev–Trinajstić information content (AvgIpc) is 3.49. The molecule has 6 rings (SSSR count). The molecule has 0 saturated heterocycles. The van der Waals surface area contributed by atoms with Crippen LogP contribution in [0.25, 0.3) is 32.7 Å². The Hall–Kier alpha value is -3.30. The molecular formula is C24H20N2S. The number of fused-ring (bicyclic) bond motifs is 4. The molecule has 2 nitrogen and oxygen atoms in total. The molecule has 0 saturated carbocycles. The molecule has 3 heterocycles. The SMILES string of the molecule is c1ccc2[nH]ccc2c1.c1ccc2c(c1)[nH]c1ccccc12.c1ccsc1. The quantitative estimate of drug-likeness (QED) is 0.283. The summed E-state index contributed by atoms with van der Waals surface area (Å²) in [5.74, 6) is 0. The molecule has 6 aromatic rings. The molecular weight excluding hydrogens is 348 g/mol. The van der Waals surface area contributed by atoms with E-state index in [0.29, 0.717) is 0 Å². The van der Waals surface area contributed by atoms with E-state index in [1.165, 1.54) is 32.7 Å². The first kappa shape index (κ1) is 17.1. The maximum Gasteiger partial charge on any atom is 0.0464 e. The second-order valence-electron chi connectivity index (χ2n) is 6.07. The lowest BCUT2D eigenvalue weighted by atomic mass is 10.2. The Bertz CT molecular complexity index is 1130. The Balaban J connectivity index is 0.000000111. The van der Waals surface area contributed by atoms with E-state index in [0.717, 1.165) is 0 Å². The van der Waals surface area contributed by atoms with Crippen LogP contribution in [0.15, 0.2) is 108 Å². The molecule has 2 N–H and O–H groups in total. The van der Waals surface area contributed by atoms with Gasteiger partial charge in [-0.25, -0.2) is 0 Å². The second kappa shape index (κ2) is 8.39. The first-order chi connectivity index (χ1) is 13.4. The van der Waals surface area contributed by atoms with Crippen molar-refractivity contribution in [1.82, 2.24) is 9.97 Å². The Morgan fingerprint density at radius 2 is 1.07 bits per heavy atom. The number of aromatic amines is 2. The molecule has 132 valence electrons. The molecule has 3 aromatic heterocycles. The van der Waals surface area contributed by atoms with Crippen LogP contribution in [-0.4, -0.2) is 9.97 Å². The molecule has 0 radical (unpaired) electrons. The maximum absolute atomic E-state index is 3.38. The van der Waals surface area contributed by atoms with Gasteiger partial charge in [0.2, 0.25) is 0 Å². The van der Waals surface area contributed by atoms with Crippen molar-refractivity contribution in [2.45, 2.75) is 0 Å². The van der Waals surface area contributed by atoms with Gasteiger partial charge in [-0.1, -0.05) is 66.7 Å². The van der Waals surface area contributed by atoms with Crippen LogP contribution in [0.4, 0.5) is 0 Å². The summed E-state index contributed by atoms with van der Waals surface area (Å²) in [6, 6.07) is 31.1. The Kier molecular flexibility index (Phi) is 5.32. The van der Waals surface area contributed by atoms with Gasteiger partial charge in [-0.3, -0.25) is 0 Å². The number of nitrogens with one attached hydrogen (secondary N) is 2. The van der Waals surface area contributed by atoms with Crippen molar-refractivity contribution in [2.75, 3.05) is 0 Å². The van der Waals surface area contributed by atoms with Crippen LogP contribution < -0.4 is 0 Å². The highest BCUT2D eigenvalue weighted by molar-refractivity contribution is 7.07. The van der Waals surface area contributed by atoms with Crippen molar-refractivity contribution in [3.8, 4) is 0 Å². The second-order valence-corrected chi connectivity index (χ2v) is 6.89. The largest absolute Gasteiger partial charge is 0.361 e. The highest BCUT2D eigenvalue weighted by atomic mass is 32.1. The summed E-state index contributed by atoms with van der Waals surface area (Å²) in [4.78, 5) is 6.50. The van der Waals surface area contributed by atoms with Gasteiger partial charge < -0.3 is 9.97 Å². The molecule has 0 aliphatic rings. The minimum atomic E-state index is 1.21. The third-order valence-corrected chi connectivity index (χ3v) is 4.93. The normalized spacial score (nSPS) is 10.2. The van der Waals surface area contributed by atoms with Gasteiger partial charge in [0, 0.05) is 33.5 Å². The molecule has 0 spiro atoms. The van der Waals surface area contributed by atoms with E-state index in [4.69, 9.17) is 0 Å². The van der Waals surface area contributed by atoms with Crippen LogP contribution in [0.5, 0.6) is 0 Å². The van der Waals surface area contributed by atoms with Crippen LogP contribution in [0.2, 0.25) is 0 Å². The van der Waals surface area contributed by atoms with E-state index in [1.54, 1.807) is 11.3 Å². The minimum absolute atomic E-state index is 1.21. The number of H-pyrrole nitrogens is 2. The number of aromatic nitrogens is 2. The maximum atomic E-state index is 3.38. The van der Waals surface area contributed by atoms with Crippen molar-refractivity contribution >= 4 is 44.0 Å². The number of hydrogen-bond acceptors (Lipinski definition) is 1. The lowest BCUT2D eigenvalue weighted by Crippen LogP contribution is -1.62. The van der Waals surface area contributed by atoms with Crippen molar-refractivity contribution in [2.24, 2.45) is 0 Å². The smallest absolute Gasteiger partial charge is 0.0464 e. The third-order valence-electron chi connectivity index (χ3n) is 4.30. The van der Waals surface area contributed by atoms with Crippen LogP contribution in [-0.2, 0) is 0 Å². The summed E-state index contributed by atoms with van der Waals surface area (Å²) in [6.45, 7) is 0. The first-order valence-electron chi connectivity index (χ1n) is 8.86. The Labute approximate surface area is 162 Å². The molecule has 0 atom stereocenters. The summed E-state index contributed by atoms with van der Waals surface area (Å²) in [5.41, 5.74) is 3.63. The van der Waals surface area contributed by atoms with Gasteiger partial charge in [-0.15, -0.1) is 0 Å². The summed E-state index contributed by atoms with van der Waals surface area (Å²) in [5, 5.41) is 7.97. The van der Waals surface area contributed by atoms with E-state index < -0.39 is 0 Å². The van der Waals surface area contributed by atoms with Crippen molar-refractivity contribution in [3.05, 3.63) is 108 Å². The molecule has 27 heavy (non-hydrogen) atoms. The first-order valence-corrected chi connectivity index (χ1v) is 9.81.